The van der Waals surface area contributed by atoms with Crippen molar-refractivity contribution < 1.29 is 5.11 Å². The summed E-state index contributed by atoms with van der Waals surface area (Å²) >= 11 is 5.07. The zero-order chi connectivity index (χ0) is 5.98. The zero-order valence-electron chi connectivity index (χ0n) is 3.90. The Morgan fingerprint density at radius 2 is 2.50 bits per heavy atom. The van der Waals surface area contributed by atoms with Gasteiger partial charge < -0.3 is 5.11 Å². The van der Waals surface area contributed by atoms with Crippen LogP contribution in [-0.2, 0) is 6.61 Å². The second kappa shape index (κ2) is 2.43. The zero-order valence-corrected chi connectivity index (χ0v) is 5.62. The van der Waals surface area contributed by atoms with Crippen LogP contribution in [-0.4, -0.2) is 14.7 Å². The van der Waals surface area contributed by atoms with Gasteiger partial charge in [0.2, 0.25) is 0 Å². The predicted molar refractivity (Wildman–Crippen MR) is 33.1 cm³/mol. The predicted octanol–water partition coefficient (Wildman–Crippen LogP) is 0.319. The van der Waals surface area contributed by atoms with Crippen molar-refractivity contribution in [1.82, 2.24) is 9.59 Å². The molecule has 1 rings (SSSR count). The van der Waals surface area contributed by atoms with E-state index in [1.807, 2.05) is 0 Å². The molecule has 0 aliphatic carbocycles. The van der Waals surface area contributed by atoms with E-state index in [0.717, 1.165) is 11.5 Å². The van der Waals surface area contributed by atoms with Crippen LogP contribution in [0.5, 0.6) is 0 Å². The van der Waals surface area contributed by atoms with Gasteiger partial charge in [0.15, 0.2) is 0 Å². The highest BCUT2D eigenvalue weighted by atomic mass is 32.1. The Hall–Kier alpha value is -0.130. The number of aliphatic hydroxyl groups excluding tert-OH is 1. The number of aliphatic hydroxyl groups is 1. The van der Waals surface area contributed by atoms with E-state index in [4.69, 9.17) is 5.11 Å². The van der Waals surface area contributed by atoms with Crippen LogP contribution in [0.2, 0.25) is 0 Å². The van der Waals surface area contributed by atoms with Crippen LogP contribution in [0, 0.1) is 0 Å². The van der Waals surface area contributed by atoms with Crippen molar-refractivity contribution in [3.63, 3.8) is 0 Å². The highest BCUT2D eigenvalue weighted by Crippen LogP contribution is 2.12. The molecule has 1 heterocycles. The minimum Gasteiger partial charge on any atom is -0.391 e. The molecule has 0 unspecified atom stereocenters. The summed E-state index contributed by atoms with van der Waals surface area (Å²) in [5, 5.41) is 12.6. The average molecular weight is 148 g/mol. The summed E-state index contributed by atoms with van der Waals surface area (Å²) in [6, 6.07) is 0. The lowest BCUT2D eigenvalue weighted by molar-refractivity contribution is 0.282. The van der Waals surface area contributed by atoms with Crippen LogP contribution in [0.4, 0.5) is 0 Å². The maximum absolute atomic E-state index is 8.49. The van der Waals surface area contributed by atoms with E-state index >= 15 is 0 Å². The fourth-order valence-electron chi connectivity index (χ4n) is 0.305. The molecular weight excluding hydrogens is 144 g/mol. The summed E-state index contributed by atoms with van der Waals surface area (Å²) in [5.41, 5.74) is 0. The Morgan fingerprint density at radius 1 is 1.75 bits per heavy atom. The van der Waals surface area contributed by atoms with Crippen molar-refractivity contribution in [1.29, 1.82) is 0 Å². The second-order valence-electron chi connectivity index (χ2n) is 1.18. The van der Waals surface area contributed by atoms with Crippen LogP contribution in [0.15, 0.2) is 5.03 Å². The molecule has 3 nitrogen and oxygen atoms in total. The van der Waals surface area contributed by atoms with Gasteiger partial charge in [-0.1, -0.05) is 4.49 Å². The molecule has 1 N–H and O–H groups in total. The summed E-state index contributed by atoms with van der Waals surface area (Å²) in [5.74, 6) is 0. The molecule has 0 radical (unpaired) electrons. The summed E-state index contributed by atoms with van der Waals surface area (Å²) < 4.78 is 3.55. The molecule has 0 aliphatic heterocycles. The molecule has 0 aliphatic rings. The van der Waals surface area contributed by atoms with Gasteiger partial charge in [0, 0.05) is 0 Å². The largest absolute Gasteiger partial charge is 0.391 e. The Labute approximate surface area is 55.9 Å². The first-order chi connectivity index (χ1) is 3.84. The molecule has 1 aromatic rings. The number of hydrogen-bond acceptors (Lipinski definition) is 5. The minimum absolute atomic E-state index is 0.0174. The first-order valence-corrected chi connectivity index (χ1v) is 3.17. The van der Waals surface area contributed by atoms with Crippen molar-refractivity contribution in [3.8, 4) is 0 Å². The van der Waals surface area contributed by atoms with Gasteiger partial charge >= 0.3 is 0 Å². The summed E-state index contributed by atoms with van der Waals surface area (Å²) in [6.45, 7) is -0.0174. The average Bonchev–Trinajstić information content (AvgIpc) is 2.14. The molecular formula is C3H4N2OS2. The lowest BCUT2D eigenvalue weighted by Crippen LogP contribution is -1.76. The summed E-state index contributed by atoms with van der Waals surface area (Å²) in [7, 11) is 0. The second-order valence-corrected chi connectivity index (χ2v) is 2.44. The molecule has 0 aromatic carbocycles. The number of thiol groups is 1. The van der Waals surface area contributed by atoms with E-state index in [2.05, 4.69) is 22.2 Å². The molecule has 5 heteroatoms. The van der Waals surface area contributed by atoms with Gasteiger partial charge in [0.1, 0.15) is 5.03 Å². The highest BCUT2D eigenvalue weighted by Gasteiger charge is 1.98. The lowest BCUT2D eigenvalue weighted by Gasteiger charge is -1.81. The lowest BCUT2D eigenvalue weighted by atomic mass is 10.6. The molecule has 1 aromatic heterocycles. The van der Waals surface area contributed by atoms with Gasteiger partial charge in [-0.2, -0.15) is 0 Å². The number of rotatable bonds is 1. The van der Waals surface area contributed by atoms with E-state index in [0.29, 0.717) is 9.90 Å². The molecule has 8 heavy (non-hydrogen) atoms. The molecule has 0 bridgehead atoms. The van der Waals surface area contributed by atoms with Crippen LogP contribution in [0.3, 0.4) is 0 Å². The first-order valence-electron chi connectivity index (χ1n) is 1.95. The Bertz CT molecular complexity index is 176. The third-order valence-corrected chi connectivity index (χ3v) is 1.90. The van der Waals surface area contributed by atoms with E-state index < -0.39 is 0 Å². The van der Waals surface area contributed by atoms with Crippen molar-refractivity contribution in [2.45, 2.75) is 11.6 Å². The van der Waals surface area contributed by atoms with Crippen LogP contribution in [0.1, 0.15) is 4.88 Å². The van der Waals surface area contributed by atoms with Gasteiger partial charge in [0.05, 0.1) is 11.5 Å². The molecule has 0 saturated carbocycles. The van der Waals surface area contributed by atoms with Crippen molar-refractivity contribution in [3.05, 3.63) is 4.88 Å². The van der Waals surface area contributed by atoms with Gasteiger partial charge in [-0.25, -0.2) is 0 Å². The molecule has 0 spiro atoms. The van der Waals surface area contributed by atoms with Gasteiger partial charge in [-0.05, 0) is 11.5 Å². The summed E-state index contributed by atoms with van der Waals surface area (Å²) in [6.07, 6.45) is 0. The van der Waals surface area contributed by atoms with Gasteiger partial charge in [0.25, 0.3) is 0 Å². The Kier molecular flexibility index (Phi) is 1.82. The van der Waals surface area contributed by atoms with Crippen molar-refractivity contribution >= 4 is 24.2 Å². The monoisotopic (exact) mass is 148 g/mol. The number of nitrogens with zero attached hydrogens (tertiary/aromatic N) is 2. The van der Waals surface area contributed by atoms with E-state index in [-0.39, 0.29) is 6.61 Å². The first kappa shape index (κ1) is 6.00. The number of hydrogen-bond donors (Lipinski definition) is 2. The standard InChI is InChI=1S/C3H4N2OS2/c6-1-2-3(7)4-5-8-2/h6-7H,1H2. The quantitative estimate of drug-likeness (QED) is 0.564. The SMILES string of the molecule is OCc1snnc1S. The van der Waals surface area contributed by atoms with Gasteiger partial charge in [-0.3, -0.25) is 0 Å². The topological polar surface area (TPSA) is 46.0 Å². The van der Waals surface area contributed by atoms with Crippen molar-refractivity contribution in [2.24, 2.45) is 0 Å². The van der Waals surface area contributed by atoms with Crippen LogP contribution in [0.25, 0.3) is 0 Å². The normalized spacial score (nSPS) is 9.75. The van der Waals surface area contributed by atoms with Crippen LogP contribution < -0.4 is 0 Å². The third-order valence-electron chi connectivity index (χ3n) is 0.680. The fraction of sp³-hybridized carbons (Fsp3) is 0.333. The summed E-state index contributed by atoms with van der Waals surface area (Å²) in [4.78, 5) is 0.716. The smallest absolute Gasteiger partial charge is 0.134 e. The highest BCUT2D eigenvalue weighted by molar-refractivity contribution is 7.80. The Balaban J connectivity index is 2.92. The molecule has 0 amide bonds. The number of aromatic nitrogens is 2. The fourth-order valence-corrected chi connectivity index (χ4v) is 1.00. The molecule has 44 valence electrons. The van der Waals surface area contributed by atoms with E-state index in [1.54, 1.807) is 0 Å². The minimum atomic E-state index is -0.0174. The third kappa shape index (κ3) is 0.988. The molecule has 0 fully saturated rings. The maximum Gasteiger partial charge on any atom is 0.134 e. The maximum atomic E-state index is 8.49. The van der Waals surface area contributed by atoms with E-state index in [9.17, 15) is 0 Å². The molecule has 0 atom stereocenters. The van der Waals surface area contributed by atoms with Crippen LogP contribution >= 0.6 is 24.2 Å². The van der Waals surface area contributed by atoms with Gasteiger partial charge in [-0.15, -0.1) is 17.7 Å². The Morgan fingerprint density at radius 3 is 2.75 bits per heavy atom. The molecule has 0 saturated heterocycles. The van der Waals surface area contributed by atoms with Crippen molar-refractivity contribution in [2.75, 3.05) is 0 Å². The van der Waals surface area contributed by atoms with E-state index in [1.165, 1.54) is 0 Å².